The van der Waals surface area contributed by atoms with Gasteiger partial charge in [-0.15, -0.1) is 0 Å². The summed E-state index contributed by atoms with van der Waals surface area (Å²) < 4.78 is 34.3. The van der Waals surface area contributed by atoms with E-state index in [1.54, 1.807) is 30.3 Å². The van der Waals surface area contributed by atoms with E-state index in [4.69, 9.17) is 16.3 Å². The van der Waals surface area contributed by atoms with Crippen LogP contribution in [0.4, 0.5) is 5.69 Å². The summed E-state index contributed by atoms with van der Waals surface area (Å²) in [5.41, 5.74) is 3.80. The number of fused-ring (bicyclic) bond motifs is 1. The van der Waals surface area contributed by atoms with Crippen LogP contribution in [0.25, 0.3) is 11.3 Å². The van der Waals surface area contributed by atoms with Crippen LogP contribution in [0.1, 0.15) is 29.5 Å². The molecule has 0 spiro atoms. The van der Waals surface area contributed by atoms with Gasteiger partial charge in [-0.1, -0.05) is 17.7 Å². The van der Waals surface area contributed by atoms with Crippen LogP contribution in [0.2, 0.25) is 5.02 Å². The number of sulfonamides is 1. The largest absolute Gasteiger partial charge is 0.495 e. The molecule has 2 aromatic carbocycles. The minimum absolute atomic E-state index is 0.0262. The van der Waals surface area contributed by atoms with Crippen LogP contribution in [0, 0.1) is 6.92 Å². The number of nitrogens with zero attached hydrogens (tertiary/aromatic N) is 1. The fourth-order valence-electron chi connectivity index (χ4n) is 3.80. The van der Waals surface area contributed by atoms with Gasteiger partial charge in [0, 0.05) is 16.1 Å². The monoisotopic (exact) mass is 459 g/mol. The Kier molecular flexibility index (Phi) is 5.77. The third kappa shape index (κ3) is 4.18. The number of ether oxygens (including phenoxy) is 1. The van der Waals surface area contributed by atoms with E-state index >= 15 is 0 Å². The summed E-state index contributed by atoms with van der Waals surface area (Å²) in [5, 5.41) is 7.25. The first-order valence-corrected chi connectivity index (χ1v) is 11.7. The number of aryl methyl sites for hydroxylation is 1. The van der Waals surface area contributed by atoms with Crippen molar-refractivity contribution < 1.29 is 13.2 Å². The number of methoxy groups -OCH3 is 1. The first-order chi connectivity index (χ1) is 14.8. The van der Waals surface area contributed by atoms with Gasteiger partial charge in [-0.25, -0.2) is 13.5 Å². The van der Waals surface area contributed by atoms with Gasteiger partial charge in [-0.2, -0.15) is 5.10 Å². The lowest BCUT2D eigenvalue weighted by Crippen LogP contribution is -2.21. The number of aromatic nitrogens is 2. The second kappa shape index (κ2) is 8.36. The molecule has 1 aromatic heterocycles. The van der Waals surface area contributed by atoms with E-state index in [1.165, 1.54) is 13.2 Å². The fourth-order valence-corrected chi connectivity index (χ4v) is 5.22. The molecule has 0 fully saturated rings. The number of nitrogens with one attached hydrogen (secondary N) is 2. The molecule has 4 rings (SSSR count). The van der Waals surface area contributed by atoms with Gasteiger partial charge in [0.15, 0.2) is 0 Å². The molecule has 9 heteroatoms. The van der Waals surface area contributed by atoms with Crippen molar-refractivity contribution >= 4 is 27.3 Å². The van der Waals surface area contributed by atoms with Crippen molar-refractivity contribution in [1.82, 2.24) is 10.2 Å². The van der Waals surface area contributed by atoms with E-state index in [2.05, 4.69) is 14.9 Å². The molecule has 0 saturated heterocycles. The van der Waals surface area contributed by atoms with E-state index in [0.717, 1.165) is 36.0 Å². The highest BCUT2D eigenvalue weighted by atomic mass is 35.5. The number of aromatic amines is 1. The maximum absolute atomic E-state index is 13.2. The molecule has 7 nitrogen and oxygen atoms in total. The second-order valence-electron chi connectivity index (χ2n) is 7.50. The van der Waals surface area contributed by atoms with Crippen molar-refractivity contribution in [2.24, 2.45) is 0 Å². The summed E-state index contributed by atoms with van der Waals surface area (Å²) in [4.78, 5) is 12.1. The van der Waals surface area contributed by atoms with Gasteiger partial charge >= 0.3 is 0 Å². The highest BCUT2D eigenvalue weighted by molar-refractivity contribution is 7.92. The highest BCUT2D eigenvalue weighted by Gasteiger charge is 2.24. The topological polar surface area (TPSA) is 101 Å². The summed E-state index contributed by atoms with van der Waals surface area (Å²) >= 11 is 6.14. The Morgan fingerprint density at radius 2 is 1.84 bits per heavy atom. The number of rotatable bonds is 5. The maximum atomic E-state index is 13.2. The fraction of sp³-hybridized carbons (Fsp3) is 0.273. The first kappa shape index (κ1) is 21.4. The predicted octanol–water partition coefficient (Wildman–Crippen LogP) is 4.09. The standard InChI is InChI=1S/C22H22ClN3O4S/c1-13-7-9-15(12-18(13)23)26-31(28,29)20-11-14(8-10-19(20)30-2)21-16-5-3-4-6-17(16)22(27)25-24-21/h7-12,26H,3-6H2,1-2H3,(H,25,27). The van der Waals surface area contributed by atoms with Gasteiger partial charge in [0.25, 0.3) is 15.6 Å². The smallest absolute Gasteiger partial charge is 0.267 e. The number of hydrogen-bond acceptors (Lipinski definition) is 5. The minimum atomic E-state index is -3.98. The summed E-state index contributed by atoms with van der Waals surface area (Å²) in [5.74, 6) is 0.202. The average molecular weight is 460 g/mol. The lowest BCUT2D eigenvalue weighted by atomic mass is 9.90. The molecule has 0 atom stereocenters. The average Bonchev–Trinajstić information content (AvgIpc) is 2.76. The zero-order valence-corrected chi connectivity index (χ0v) is 18.7. The molecule has 3 aromatic rings. The van der Waals surface area contributed by atoms with E-state index in [0.29, 0.717) is 28.4 Å². The summed E-state index contributed by atoms with van der Waals surface area (Å²) in [7, 11) is -2.57. The molecular formula is C22H22ClN3O4S. The number of benzene rings is 2. The molecule has 0 radical (unpaired) electrons. The van der Waals surface area contributed by atoms with Crippen molar-refractivity contribution in [3.05, 3.63) is 68.5 Å². The minimum Gasteiger partial charge on any atom is -0.495 e. The first-order valence-electron chi connectivity index (χ1n) is 9.88. The Labute approximate surface area is 185 Å². The number of halogens is 1. The van der Waals surface area contributed by atoms with Gasteiger partial charge in [0.2, 0.25) is 0 Å². The molecule has 1 aliphatic carbocycles. The molecule has 0 unspecified atom stereocenters. The van der Waals surface area contributed by atoms with E-state index in [-0.39, 0.29) is 16.2 Å². The number of hydrogen-bond donors (Lipinski definition) is 2. The van der Waals surface area contributed by atoms with Gasteiger partial charge < -0.3 is 4.74 Å². The van der Waals surface area contributed by atoms with Crippen molar-refractivity contribution in [2.45, 2.75) is 37.5 Å². The molecule has 0 aliphatic heterocycles. The van der Waals surface area contributed by atoms with E-state index in [1.807, 2.05) is 6.92 Å². The Hall–Kier alpha value is -2.84. The van der Waals surface area contributed by atoms with Crippen LogP contribution in [-0.2, 0) is 22.9 Å². The van der Waals surface area contributed by atoms with Crippen LogP contribution < -0.4 is 15.0 Å². The molecule has 162 valence electrons. The summed E-state index contributed by atoms with van der Waals surface area (Å²) in [6.45, 7) is 1.84. The predicted molar refractivity (Wildman–Crippen MR) is 120 cm³/mol. The van der Waals surface area contributed by atoms with Gasteiger partial charge in [0.05, 0.1) is 18.5 Å². The third-order valence-electron chi connectivity index (χ3n) is 5.45. The Morgan fingerprint density at radius 1 is 1.10 bits per heavy atom. The third-order valence-corrected chi connectivity index (χ3v) is 7.26. The zero-order valence-electron chi connectivity index (χ0n) is 17.2. The van der Waals surface area contributed by atoms with Crippen LogP contribution in [-0.4, -0.2) is 25.7 Å². The van der Waals surface area contributed by atoms with E-state index in [9.17, 15) is 13.2 Å². The van der Waals surface area contributed by atoms with Gasteiger partial charge in [-0.3, -0.25) is 9.52 Å². The Morgan fingerprint density at radius 3 is 2.55 bits per heavy atom. The summed E-state index contributed by atoms with van der Waals surface area (Å²) in [6, 6.07) is 9.81. The lowest BCUT2D eigenvalue weighted by molar-refractivity contribution is 0.403. The van der Waals surface area contributed by atoms with Crippen molar-refractivity contribution in [2.75, 3.05) is 11.8 Å². The number of H-pyrrole nitrogens is 1. The molecule has 2 N–H and O–H groups in total. The SMILES string of the molecule is COc1ccc(-c2n[nH]c(=O)c3c2CCCC3)cc1S(=O)(=O)Nc1ccc(C)c(Cl)c1. The molecule has 1 heterocycles. The quantitative estimate of drug-likeness (QED) is 0.598. The Balaban J connectivity index is 1.80. The molecular weight excluding hydrogens is 438 g/mol. The Bertz CT molecular complexity index is 1320. The highest BCUT2D eigenvalue weighted by Crippen LogP contribution is 2.34. The van der Waals surface area contributed by atoms with Crippen LogP contribution in [0.15, 0.2) is 46.1 Å². The zero-order chi connectivity index (χ0) is 22.2. The lowest BCUT2D eigenvalue weighted by Gasteiger charge is -2.18. The maximum Gasteiger partial charge on any atom is 0.267 e. The summed E-state index contributed by atoms with van der Waals surface area (Å²) in [6.07, 6.45) is 3.33. The normalized spacial score (nSPS) is 13.5. The number of anilines is 1. The van der Waals surface area contributed by atoms with E-state index < -0.39 is 10.0 Å². The molecule has 0 saturated carbocycles. The molecule has 31 heavy (non-hydrogen) atoms. The van der Waals surface area contributed by atoms with Crippen LogP contribution >= 0.6 is 11.6 Å². The molecule has 1 aliphatic rings. The molecule has 0 bridgehead atoms. The van der Waals surface area contributed by atoms with Crippen molar-refractivity contribution in [3.63, 3.8) is 0 Å². The van der Waals surface area contributed by atoms with Crippen LogP contribution in [0.5, 0.6) is 5.75 Å². The molecule has 0 amide bonds. The van der Waals surface area contributed by atoms with Crippen molar-refractivity contribution in [1.29, 1.82) is 0 Å². The van der Waals surface area contributed by atoms with Gasteiger partial charge in [-0.05, 0) is 74.1 Å². The van der Waals surface area contributed by atoms with Gasteiger partial charge in [0.1, 0.15) is 10.6 Å². The van der Waals surface area contributed by atoms with Crippen molar-refractivity contribution in [3.8, 4) is 17.0 Å². The second-order valence-corrected chi connectivity index (χ2v) is 9.56. The van der Waals surface area contributed by atoms with Crippen LogP contribution in [0.3, 0.4) is 0 Å².